The van der Waals surface area contributed by atoms with E-state index in [-0.39, 0.29) is 18.2 Å². The number of carbonyl (C=O) groups excluding carboxylic acids is 1. The third-order valence-corrected chi connectivity index (χ3v) is 1.74. The Hall–Kier alpha value is -0.610. The Kier molecular flexibility index (Phi) is 6.54. The van der Waals surface area contributed by atoms with Gasteiger partial charge in [0.2, 0.25) is 5.91 Å². The van der Waals surface area contributed by atoms with Crippen LogP contribution in [0.25, 0.3) is 0 Å². The molecule has 78 valence electrons. The summed E-state index contributed by atoms with van der Waals surface area (Å²) in [4.78, 5) is 11.2. The smallest absolute Gasteiger partial charge is 0.220 e. The maximum atomic E-state index is 11.2. The summed E-state index contributed by atoms with van der Waals surface area (Å²) in [5.74, 6) is 0.0362. The fourth-order valence-electron chi connectivity index (χ4n) is 1.13. The van der Waals surface area contributed by atoms with E-state index in [1.54, 1.807) is 14.2 Å². The first kappa shape index (κ1) is 12.4. The summed E-state index contributed by atoms with van der Waals surface area (Å²) in [6, 6.07) is -0.117. The van der Waals surface area contributed by atoms with Gasteiger partial charge in [0.15, 0.2) is 6.29 Å². The number of nitrogens with one attached hydrogen (secondary N) is 1. The van der Waals surface area contributed by atoms with Crippen LogP contribution in [0.4, 0.5) is 0 Å². The van der Waals surface area contributed by atoms with Crippen molar-refractivity contribution in [3.63, 3.8) is 0 Å². The van der Waals surface area contributed by atoms with Gasteiger partial charge in [-0.15, -0.1) is 0 Å². The topological polar surface area (TPSA) is 47.6 Å². The lowest BCUT2D eigenvalue weighted by Crippen LogP contribution is -2.42. The molecule has 0 bridgehead atoms. The molecule has 0 fully saturated rings. The second kappa shape index (κ2) is 6.86. The number of amides is 1. The Morgan fingerprint density at radius 3 is 2.31 bits per heavy atom. The van der Waals surface area contributed by atoms with Crippen LogP contribution in [-0.2, 0) is 14.3 Å². The van der Waals surface area contributed by atoms with Crippen LogP contribution in [-0.4, -0.2) is 32.5 Å². The molecule has 1 unspecified atom stereocenters. The van der Waals surface area contributed by atoms with Crippen molar-refractivity contribution >= 4 is 5.91 Å². The second-order valence-electron chi connectivity index (χ2n) is 2.95. The molecular formula is C9H19NO3. The van der Waals surface area contributed by atoms with E-state index in [2.05, 4.69) is 5.32 Å². The molecule has 4 nitrogen and oxygen atoms in total. The Labute approximate surface area is 79.6 Å². The number of rotatable bonds is 6. The molecule has 0 aromatic carbocycles. The fourth-order valence-corrected chi connectivity index (χ4v) is 1.13. The van der Waals surface area contributed by atoms with Gasteiger partial charge in [-0.2, -0.15) is 0 Å². The normalized spacial score (nSPS) is 13.0. The number of methoxy groups -OCH3 is 2. The first-order valence-electron chi connectivity index (χ1n) is 4.50. The van der Waals surface area contributed by atoms with Crippen molar-refractivity contribution in [1.82, 2.24) is 5.32 Å². The summed E-state index contributed by atoms with van der Waals surface area (Å²) in [5.41, 5.74) is 0. The number of carbonyl (C=O) groups is 1. The van der Waals surface area contributed by atoms with Gasteiger partial charge in [-0.1, -0.05) is 6.92 Å². The van der Waals surface area contributed by atoms with Gasteiger partial charge < -0.3 is 14.8 Å². The molecule has 0 aliphatic rings. The first-order valence-corrected chi connectivity index (χ1v) is 4.50. The van der Waals surface area contributed by atoms with Crippen LogP contribution in [0.3, 0.4) is 0 Å². The zero-order chi connectivity index (χ0) is 10.3. The Morgan fingerprint density at radius 1 is 1.38 bits per heavy atom. The van der Waals surface area contributed by atoms with E-state index in [0.717, 1.165) is 6.42 Å². The molecule has 4 heteroatoms. The molecule has 0 radical (unpaired) electrons. The second-order valence-corrected chi connectivity index (χ2v) is 2.95. The van der Waals surface area contributed by atoms with Gasteiger partial charge in [-0.3, -0.25) is 4.79 Å². The minimum Gasteiger partial charge on any atom is -0.354 e. The van der Waals surface area contributed by atoms with E-state index in [0.29, 0.717) is 6.42 Å². The summed E-state index contributed by atoms with van der Waals surface area (Å²) in [5, 5.41) is 2.79. The lowest BCUT2D eigenvalue weighted by molar-refractivity contribution is -0.135. The van der Waals surface area contributed by atoms with E-state index in [1.165, 1.54) is 0 Å². The van der Waals surface area contributed by atoms with Crippen LogP contribution >= 0.6 is 0 Å². The average Bonchev–Trinajstić information content (AvgIpc) is 2.06. The molecule has 0 heterocycles. The van der Waals surface area contributed by atoms with Gasteiger partial charge in [0, 0.05) is 20.6 Å². The van der Waals surface area contributed by atoms with Gasteiger partial charge >= 0.3 is 0 Å². The highest BCUT2D eigenvalue weighted by Gasteiger charge is 2.16. The molecule has 0 spiro atoms. The summed E-state index contributed by atoms with van der Waals surface area (Å²) in [7, 11) is 3.10. The van der Waals surface area contributed by atoms with E-state index >= 15 is 0 Å². The molecule has 0 aliphatic heterocycles. The molecule has 0 saturated carbocycles. The van der Waals surface area contributed by atoms with Gasteiger partial charge in [-0.25, -0.2) is 0 Å². The average molecular weight is 189 g/mol. The van der Waals surface area contributed by atoms with E-state index in [1.807, 2.05) is 13.8 Å². The predicted octanol–water partition coefficient (Wildman–Crippen LogP) is 0.910. The molecule has 13 heavy (non-hydrogen) atoms. The summed E-state index contributed by atoms with van der Waals surface area (Å²) >= 11 is 0. The molecule has 1 atom stereocenters. The van der Waals surface area contributed by atoms with Crippen LogP contribution in [0.1, 0.15) is 26.7 Å². The van der Waals surface area contributed by atoms with Crippen molar-refractivity contribution in [2.75, 3.05) is 14.2 Å². The molecule has 1 amide bonds. The highest BCUT2D eigenvalue weighted by atomic mass is 16.7. The predicted molar refractivity (Wildman–Crippen MR) is 50.3 cm³/mol. The van der Waals surface area contributed by atoms with E-state index < -0.39 is 0 Å². The molecule has 0 rings (SSSR count). The van der Waals surface area contributed by atoms with Gasteiger partial charge in [0.25, 0.3) is 0 Å². The molecule has 0 aromatic rings. The van der Waals surface area contributed by atoms with E-state index in [9.17, 15) is 4.79 Å². The Morgan fingerprint density at radius 2 is 1.92 bits per heavy atom. The summed E-state index contributed by atoms with van der Waals surface area (Å²) in [6.07, 6.45) is 1.02. The zero-order valence-corrected chi connectivity index (χ0v) is 8.79. The van der Waals surface area contributed by atoms with Crippen molar-refractivity contribution in [2.45, 2.75) is 39.0 Å². The Bertz CT molecular complexity index is 146. The van der Waals surface area contributed by atoms with Crippen molar-refractivity contribution in [3.8, 4) is 0 Å². The molecule has 0 saturated heterocycles. The largest absolute Gasteiger partial charge is 0.354 e. The number of ether oxygens (including phenoxy) is 2. The van der Waals surface area contributed by atoms with Crippen molar-refractivity contribution < 1.29 is 14.3 Å². The molecule has 0 aliphatic carbocycles. The maximum absolute atomic E-state index is 11.2. The lowest BCUT2D eigenvalue weighted by atomic mass is 10.2. The first-order chi connectivity index (χ1) is 6.15. The lowest BCUT2D eigenvalue weighted by Gasteiger charge is -2.21. The summed E-state index contributed by atoms with van der Waals surface area (Å²) < 4.78 is 10.0. The highest BCUT2D eigenvalue weighted by molar-refractivity contribution is 5.76. The SMILES string of the molecule is CCCC(=O)NC(C)C(OC)OC. The van der Waals surface area contributed by atoms with Crippen LogP contribution < -0.4 is 5.32 Å². The number of hydrogen-bond acceptors (Lipinski definition) is 3. The maximum Gasteiger partial charge on any atom is 0.220 e. The standard InChI is InChI=1S/C9H19NO3/c1-5-6-8(11)10-7(2)9(12-3)13-4/h7,9H,5-6H2,1-4H3,(H,10,11). The van der Waals surface area contributed by atoms with Crippen molar-refractivity contribution in [1.29, 1.82) is 0 Å². The molecule has 1 N–H and O–H groups in total. The molecular weight excluding hydrogens is 170 g/mol. The minimum atomic E-state index is -0.374. The van der Waals surface area contributed by atoms with Crippen molar-refractivity contribution in [2.24, 2.45) is 0 Å². The van der Waals surface area contributed by atoms with Crippen LogP contribution in [0.2, 0.25) is 0 Å². The van der Waals surface area contributed by atoms with Crippen molar-refractivity contribution in [3.05, 3.63) is 0 Å². The monoisotopic (exact) mass is 189 g/mol. The minimum absolute atomic E-state index is 0.0362. The quantitative estimate of drug-likeness (QED) is 0.632. The highest BCUT2D eigenvalue weighted by Crippen LogP contribution is 1.99. The summed E-state index contributed by atoms with van der Waals surface area (Å²) in [6.45, 7) is 3.82. The fraction of sp³-hybridized carbons (Fsp3) is 0.889. The third-order valence-electron chi connectivity index (χ3n) is 1.74. The van der Waals surface area contributed by atoms with Gasteiger partial charge in [-0.05, 0) is 13.3 Å². The number of hydrogen-bond donors (Lipinski definition) is 1. The van der Waals surface area contributed by atoms with E-state index in [4.69, 9.17) is 9.47 Å². The third kappa shape index (κ3) is 4.85. The Balaban J connectivity index is 3.82. The van der Waals surface area contributed by atoms with Crippen LogP contribution in [0, 0.1) is 0 Å². The zero-order valence-electron chi connectivity index (χ0n) is 8.79. The van der Waals surface area contributed by atoms with Crippen LogP contribution in [0.15, 0.2) is 0 Å². The van der Waals surface area contributed by atoms with Crippen LogP contribution in [0.5, 0.6) is 0 Å². The molecule has 0 aromatic heterocycles. The van der Waals surface area contributed by atoms with Gasteiger partial charge in [0.1, 0.15) is 0 Å². The van der Waals surface area contributed by atoms with Gasteiger partial charge in [0.05, 0.1) is 6.04 Å².